The van der Waals surface area contributed by atoms with Crippen molar-refractivity contribution in [2.45, 2.75) is 6.42 Å². The van der Waals surface area contributed by atoms with E-state index >= 15 is 0 Å². The molecule has 0 saturated carbocycles. The first-order chi connectivity index (χ1) is 6.83. The maximum absolute atomic E-state index is 11.6. The number of para-hydroxylation sites is 1. The first-order valence-electron chi connectivity index (χ1n) is 4.53. The summed E-state index contributed by atoms with van der Waals surface area (Å²) < 4.78 is 0. The minimum absolute atomic E-state index is 0.0984. The molecule has 0 unspecified atom stereocenters. The number of hydrogen-bond donors (Lipinski definition) is 1. The maximum atomic E-state index is 11.6. The highest BCUT2D eigenvalue weighted by molar-refractivity contribution is 6.07. The van der Waals surface area contributed by atoms with Gasteiger partial charge >= 0.3 is 0 Å². The van der Waals surface area contributed by atoms with E-state index < -0.39 is 0 Å². The van der Waals surface area contributed by atoms with E-state index in [0.29, 0.717) is 18.5 Å². The van der Waals surface area contributed by atoms with Crippen LogP contribution in [0.4, 0.5) is 5.69 Å². The smallest absolute Gasteiger partial charge is 0.257 e. The third-order valence-electron chi connectivity index (χ3n) is 2.35. The Morgan fingerprint density at radius 2 is 2.00 bits per heavy atom. The zero-order chi connectivity index (χ0) is 9.97. The number of carbonyl (C=O) groups excluding carboxylic acids is 1. The van der Waals surface area contributed by atoms with Crippen molar-refractivity contribution in [2.75, 3.05) is 11.4 Å². The van der Waals surface area contributed by atoms with Crippen LogP contribution in [-0.4, -0.2) is 17.6 Å². The van der Waals surface area contributed by atoms with Crippen LogP contribution in [0.25, 0.3) is 0 Å². The van der Waals surface area contributed by atoms with Gasteiger partial charge in [-0.25, -0.2) is 0 Å². The van der Waals surface area contributed by atoms with Gasteiger partial charge in [0, 0.05) is 12.2 Å². The van der Waals surface area contributed by atoms with E-state index in [0.717, 1.165) is 11.9 Å². The Morgan fingerprint density at radius 1 is 1.29 bits per heavy atom. The van der Waals surface area contributed by atoms with Gasteiger partial charge in [-0.15, -0.1) is 0 Å². The van der Waals surface area contributed by atoms with E-state index in [4.69, 9.17) is 5.11 Å². The molecule has 0 spiro atoms. The molecule has 3 heteroatoms. The van der Waals surface area contributed by atoms with E-state index in [1.165, 1.54) is 0 Å². The molecular formula is C11H11NO2. The molecule has 14 heavy (non-hydrogen) atoms. The van der Waals surface area contributed by atoms with Crippen molar-refractivity contribution in [2.24, 2.45) is 0 Å². The number of nitrogens with zero attached hydrogens (tertiary/aromatic N) is 1. The van der Waals surface area contributed by atoms with Crippen molar-refractivity contribution in [3.8, 4) is 0 Å². The third-order valence-corrected chi connectivity index (χ3v) is 2.35. The van der Waals surface area contributed by atoms with Crippen LogP contribution >= 0.6 is 0 Å². The average Bonchev–Trinajstić information content (AvgIpc) is 2.61. The molecule has 1 fully saturated rings. The number of rotatable bonds is 1. The number of anilines is 1. The minimum atomic E-state index is -0.0984. The number of hydrogen-bond acceptors (Lipinski definition) is 2. The Hall–Kier alpha value is -1.77. The molecule has 0 aliphatic carbocycles. The summed E-state index contributed by atoms with van der Waals surface area (Å²) in [6, 6.07) is 9.47. The predicted octanol–water partition coefficient (Wildman–Crippen LogP) is 1.87. The van der Waals surface area contributed by atoms with Crippen molar-refractivity contribution in [1.29, 1.82) is 0 Å². The number of carbonyl (C=O) groups is 1. The summed E-state index contributed by atoms with van der Waals surface area (Å²) in [5, 5.41) is 8.79. The minimum Gasteiger partial charge on any atom is -0.515 e. The van der Waals surface area contributed by atoms with Gasteiger partial charge in [0.1, 0.15) is 0 Å². The summed E-state index contributed by atoms with van der Waals surface area (Å²) in [7, 11) is 0. The molecule has 0 atom stereocenters. The molecule has 1 N–H and O–H groups in total. The van der Waals surface area contributed by atoms with Crippen LogP contribution in [0.3, 0.4) is 0 Å². The first kappa shape index (κ1) is 8.81. The quantitative estimate of drug-likeness (QED) is 0.541. The van der Waals surface area contributed by atoms with Gasteiger partial charge in [-0.1, -0.05) is 18.2 Å². The fourth-order valence-corrected chi connectivity index (χ4v) is 1.59. The lowest BCUT2D eigenvalue weighted by molar-refractivity contribution is -0.114. The van der Waals surface area contributed by atoms with E-state index in [2.05, 4.69) is 0 Å². The molecule has 1 saturated heterocycles. The third kappa shape index (κ3) is 1.37. The molecule has 1 heterocycles. The number of benzene rings is 1. The zero-order valence-corrected chi connectivity index (χ0v) is 7.68. The number of aliphatic hydroxyl groups excluding tert-OH is 1. The van der Waals surface area contributed by atoms with Crippen molar-refractivity contribution >= 4 is 11.6 Å². The summed E-state index contributed by atoms with van der Waals surface area (Å²) in [5.41, 5.74) is 1.36. The van der Waals surface area contributed by atoms with Crippen LogP contribution in [0, 0.1) is 0 Å². The summed E-state index contributed by atoms with van der Waals surface area (Å²) in [6.07, 6.45) is 1.52. The number of aliphatic hydroxyl groups is 1. The molecule has 2 rings (SSSR count). The van der Waals surface area contributed by atoms with Crippen LogP contribution in [0.2, 0.25) is 0 Å². The Kier molecular flexibility index (Phi) is 2.23. The van der Waals surface area contributed by atoms with Crippen LogP contribution < -0.4 is 4.90 Å². The molecule has 1 aromatic carbocycles. The van der Waals surface area contributed by atoms with Gasteiger partial charge in [-0.3, -0.25) is 4.79 Å². The number of amides is 1. The second-order valence-corrected chi connectivity index (χ2v) is 3.20. The zero-order valence-electron chi connectivity index (χ0n) is 7.68. The van der Waals surface area contributed by atoms with Gasteiger partial charge in [0.2, 0.25) is 0 Å². The van der Waals surface area contributed by atoms with Crippen LogP contribution in [0.1, 0.15) is 6.42 Å². The van der Waals surface area contributed by atoms with Crippen LogP contribution in [0.15, 0.2) is 42.2 Å². The Balaban J connectivity index is 2.27. The van der Waals surface area contributed by atoms with Gasteiger partial charge in [-0.2, -0.15) is 0 Å². The van der Waals surface area contributed by atoms with Crippen LogP contribution in [0.5, 0.6) is 0 Å². The lowest BCUT2D eigenvalue weighted by Crippen LogP contribution is -2.24. The molecule has 3 nitrogen and oxygen atoms in total. The summed E-state index contributed by atoms with van der Waals surface area (Å²) in [4.78, 5) is 13.3. The summed E-state index contributed by atoms with van der Waals surface area (Å²) >= 11 is 0. The lowest BCUT2D eigenvalue weighted by Gasteiger charge is -2.14. The monoisotopic (exact) mass is 189 g/mol. The predicted molar refractivity (Wildman–Crippen MR) is 54.1 cm³/mol. The van der Waals surface area contributed by atoms with Crippen molar-refractivity contribution in [1.82, 2.24) is 0 Å². The summed E-state index contributed by atoms with van der Waals surface area (Å²) in [6.45, 7) is 0.648. The summed E-state index contributed by atoms with van der Waals surface area (Å²) in [5.74, 6) is -0.0984. The SMILES string of the molecule is O=C1C(=CO)CCN1c1ccccc1. The largest absolute Gasteiger partial charge is 0.515 e. The normalized spacial score (nSPS) is 19.3. The molecule has 72 valence electrons. The highest BCUT2D eigenvalue weighted by Gasteiger charge is 2.26. The highest BCUT2D eigenvalue weighted by atomic mass is 16.2. The van der Waals surface area contributed by atoms with Gasteiger partial charge < -0.3 is 10.0 Å². The maximum Gasteiger partial charge on any atom is 0.257 e. The van der Waals surface area contributed by atoms with Gasteiger partial charge in [0.15, 0.2) is 0 Å². The lowest BCUT2D eigenvalue weighted by atomic mass is 10.2. The molecule has 1 aliphatic rings. The van der Waals surface area contributed by atoms with Gasteiger partial charge in [-0.05, 0) is 18.6 Å². The molecular weight excluding hydrogens is 178 g/mol. The van der Waals surface area contributed by atoms with Crippen molar-refractivity contribution in [3.05, 3.63) is 42.2 Å². The Morgan fingerprint density at radius 3 is 2.57 bits per heavy atom. The molecule has 1 amide bonds. The van der Waals surface area contributed by atoms with E-state index in [1.807, 2.05) is 30.3 Å². The van der Waals surface area contributed by atoms with E-state index in [-0.39, 0.29) is 5.91 Å². The Bertz CT molecular complexity index is 370. The van der Waals surface area contributed by atoms with Crippen LogP contribution in [-0.2, 0) is 4.79 Å². The second-order valence-electron chi connectivity index (χ2n) is 3.20. The van der Waals surface area contributed by atoms with Crippen molar-refractivity contribution in [3.63, 3.8) is 0 Å². The fraction of sp³-hybridized carbons (Fsp3) is 0.182. The molecule has 0 bridgehead atoms. The molecule has 0 aromatic heterocycles. The van der Waals surface area contributed by atoms with Crippen molar-refractivity contribution < 1.29 is 9.90 Å². The molecule has 1 aromatic rings. The molecule has 1 aliphatic heterocycles. The van der Waals surface area contributed by atoms with E-state index in [1.54, 1.807) is 4.90 Å². The first-order valence-corrected chi connectivity index (χ1v) is 4.53. The fourth-order valence-electron chi connectivity index (χ4n) is 1.59. The molecule has 0 radical (unpaired) electrons. The van der Waals surface area contributed by atoms with Gasteiger partial charge in [0.05, 0.1) is 11.8 Å². The second kappa shape index (κ2) is 3.54. The van der Waals surface area contributed by atoms with Gasteiger partial charge in [0.25, 0.3) is 5.91 Å². The topological polar surface area (TPSA) is 40.5 Å². The standard InChI is InChI=1S/C11H11NO2/c13-8-9-6-7-12(11(9)14)10-4-2-1-3-5-10/h1-5,8,13H,6-7H2. The average molecular weight is 189 g/mol. The highest BCUT2D eigenvalue weighted by Crippen LogP contribution is 2.23. The Labute approximate surface area is 82.3 Å². The van der Waals surface area contributed by atoms with E-state index in [9.17, 15) is 4.79 Å².